The average Bonchev–Trinajstić information content (AvgIpc) is 2.81. The van der Waals surface area contributed by atoms with Crippen molar-refractivity contribution in [3.8, 4) is 0 Å². The monoisotopic (exact) mass is 228 g/mol. The molecule has 2 heterocycles. The van der Waals surface area contributed by atoms with E-state index in [1.54, 1.807) is 0 Å². The quantitative estimate of drug-likeness (QED) is 0.691. The Hall–Kier alpha value is -0.650. The fraction of sp³-hybridized carbons (Fsp3) is 0.909. The van der Waals surface area contributed by atoms with Gasteiger partial charge in [-0.2, -0.15) is 0 Å². The minimum atomic E-state index is -0.00111. The van der Waals surface area contributed by atoms with Gasteiger partial charge in [0.15, 0.2) is 0 Å². The van der Waals surface area contributed by atoms with Crippen LogP contribution in [0.1, 0.15) is 19.3 Å². The third-order valence-electron chi connectivity index (χ3n) is 3.05. The molecule has 0 aliphatic carbocycles. The van der Waals surface area contributed by atoms with Gasteiger partial charge in [0, 0.05) is 25.8 Å². The van der Waals surface area contributed by atoms with Gasteiger partial charge in [0.05, 0.1) is 6.10 Å². The van der Waals surface area contributed by atoms with Gasteiger partial charge in [-0.25, -0.2) is 0 Å². The number of nitrogens with one attached hydrogen (secondary N) is 2. The second-order valence-electron chi connectivity index (χ2n) is 4.38. The van der Waals surface area contributed by atoms with Crippen LogP contribution < -0.4 is 10.6 Å². The minimum absolute atomic E-state index is 0.00111. The summed E-state index contributed by atoms with van der Waals surface area (Å²) in [4.78, 5) is 11.6. The molecule has 2 aliphatic rings. The molecule has 5 nitrogen and oxygen atoms in total. The smallest absolute Gasteiger partial charge is 0.246 e. The molecule has 0 spiro atoms. The highest BCUT2D eigenvalue weighted by molar-refractivity contribution is 5.77. The van der Waals surface area contributed by atoms with Gasteiger partial charge in [-0.3, -0.25) is 4.79 Å². The van der Waals surface area contributed by atoms with Crippen LogP contribution in [-0.2, 0) is 14.3 Å². The zero-order chi connectivity index (χ0) is 11.2. The van der Waals surface area contributed by atoms with E-state index in [9.17, 15) is 4.79 Å². The Kier molecular flexibility index (Phi) is 4.56. The number of hydrogen-bond donors (Lipinski definition) is 2. The van der Waals surface area contributed by atoms with E-state index in [2.05, 4.69) is 10.6 Å². The molecule has 0 radical (unpaired) electrons. The van der Waals surface area contributed by atoms with Crippen molar-refractivity contribution in [1.82, 2.24) is 10.6 Å². The van der Waals surface area contributed by atoms with Crippen molar-refractivity contribution in [3.05, 3.63) is 0 Å². The van der Waals surface area contributed by atoms with E-state index in [0.717, 1.165) is 45.6 Å². The molecule has 0 aromatic carbocycles. The number of amides is 1. The Labute approximate surface area is 95.9 Å². The summed E-state index contributed by atoms with van der Waals surface area (Å²) in [5, 5.41) is 6.18. The number of ether oxygens (including phenoxy) is 2. The maximum absolute atomic E-state index is 11.6. The molecule has 2 rings (SSSR count). The van der Waals surface area contributed by atoms with Crippen molar-refractivity contribution >= 4 is 5.91 Å². The summed E-state index contributed by atoms with van der Waals surface area (Å²) in [5.41, 5.74) is 0. The fourth-order valence-electron chi connectivity index (χ4n) is 2.08. The van der Waals surface area contributed by atoms with Crippen LogP contribution in [-0.4, -0.2) is 51.0 Å². The first-order valence-corrected chi connectivity index (χ1v) is 6.04. The lowest BCUT2D eigenvalue weighted by molar-refractivity contribution is -0.128. The number of carbonyl (C=O) groups excluding carboxylic acids is 1. The van der Waals surface area contributed by atoms with Gasteiger partial charge in [-0.15, -0.1) is 0 Å². The van der Waals surface area contributed by atoms with Crippen LogP contribution >= 0.6 is 0 Å². The molecular formula is C11H20N2O3. The predicted molar refractivity (Wildman–Crippen MR) is 59.2 cm³/mol. The highest BCUT2D eigenvalue weighted by atomic mass is 16.5. The van der Waals surface area contributed by atoms with Gasteiger partial charge >= 0.3 is 0 Å². The van der Waals surface area contributed by atoms with Crippen molar-refractivity contribution in [2.24, 2.45) is 0 Å². The minimum Gasteiger partial charge on any atom is -0.381 e. The first kappa shape index (κ1) is 11.8. The van der Waals surface area contributed by atoms with Gasteiger partial charge in [-0.05, 0) is 25.8 Å². The van der Waals surface area contributed by atoms with E-state index in [1.165, 1.54) is 0 Å². The van der Waals surface area contributed by atoms with Crippen LogP contribution in [0.25, 0.3) is 0 Å². The molecule has 1 atom stereocenters. The summed E-state index contributed by atoms with van der Waals surface area (Å²) in [5.74, 6) is -0.00111. The van der Waals surface area contributed by atoms with E-state index in [0.29, 0.717) is 0 Å². The predicted octanol–water partition coefficient (Wildman–Crippen LogP) is -0.340. The summed E-state index contributed by atoms with van der Waals surface area (Å²) < 4.78 is 10.7. The van der Waals surface area contributed by atoms with Gasteiger partial charge in [-0.1, -0.05) is 0 Å². The standard InChI is InChI=1S/C11H20N2O3/c14-11(8-16-10-1-4-12-7-10)13-9-2-5-15-6-3-9/h9-10,12H,1-8H2,(H,13,14). The molecule has 92 valence electrons. The van der Waals surface area contributed by atoms with Crippen molar-refractivity contribution in [3.63, 3.8) is 0 Å². The average molecular weight is 228 g/mol. The Morgan fingerprint density at radius 1 is 1.38 bits per heavy atom. The molecule has 0 aromatic heterocycles. The fourth-order valence-corrected chi connectivity index (χ4v) is 2.08. The maximum atomic E-state index is 11.6. The van der Waals surface area contributed by atoms with Crippen LogP contribution in [0.2, 0.25) is 0 Å². The molecule has 5 heteroatoms. The van der Waals surface area contributed by atoms with Gasteiger partial charge in [0.25, 0.3) is 0 Å². The van der Waals surface area contributed by atoms with Gasteiger partial charge in [0.1, 0.15) is 6.61 Å². The third-order valence-corrected chi connectivity index (χ3v) is 3.05. The number of carbonyl (C=O) groups is 1. The molecular weight excluding hydrogens is 208 g/mol. The molecule has 0 saturated carbocycles. The van der Waals surface area contributed by atoms with E-state index < -0.39 is 0 Å². The molecule has 2 aliphatic heterocycles. The molecule has 0 aromatic rings. The highest BCUT2D eigenvalue weighted by Gasteiger charge is 2.19. The van der Waals surface area contributed by atoms with E-state index >= 15 is 0 Å². The first-order chi connectivity index (χ1) is 7.84. The molecule has 2 saturated heterocycles. The summed E-state index contributed by atoms with van der Waals surface area (Å²) in [6.07, 6.45) is 3.04. The molecule has 1 amide bonds. The SMILES string of the molecule is O=C(COC1CCNC1)NC1CCOCC1. The Bertz CT molecular complexity index is 223. The Morgan fingerprint density at radius 3 is 2.88 bits per heavy atom. The normalized spacial score (nSPS) is 26.9. The lowest BCUT2D eigenvalue weighted by Crippen LogP contribution is -2.41. The lowest BCUT2D eigenvalue weighted by atomic mass is 10.1. The topological polar surface area (TPSA) is 59.6 Å². The van der Waals surface area contributed by atoms with Gasteiger partial charge in [0.2, 0.25) is 5.91 Å². The van der Waals surface area contributed by atoms with Crippen molar-refractivity contribution in [2.75, 3.05) is 32.9 Å². The first-order valence-electron chi connectivity index (χ1n) is 6.04. The molecule has 0 bridgehead atoms. The zero-order valence-electron chi connectivity index (χ0n) is 9.54. The second kappa shape index (κ2) is 6.18. The van der Waals surface area contributed by atoms with E-state index in [4.69, 9.17) is 9.47 Å². The Balaban J connectivity index is 1.59. The van der Waals surface area contributed by atoms with Crippen LogP contribution in [0.15, 0.2) is 0 Å². The van der Waals surface area contributed by atoms with Crippen LogP contribution in [0, 0.1) is 0 Å². The van der Waals surface area contributed by atoms with Crippen molar-refractivity contribution in [2.45, 2.75) is 31.4 Å². The summed E-state index contributed by atoms with van der Waals surface area (Å²) in [6, 6.07) is 0.270. The molecule has 2 N–H and O–H groups in total. The number of rotatable bonds is 4. The molecule has 1 unspecified atom stereocenters. The van der Waals surface area contributed by atoms with E-state index in [1.807, 2.05) is 0 Å². The van der Waals surface area contributed by atoms with Crippen molar-refractivity contribution in [1.29, 1.82) is 0 Å². The van der Waals surface area contributed by atoms with Gasteiger partial charge < -0.3 is 20.1 Å². The van der Waals surface area contributed by atoms with E-state index in [-0.39, 0.29) is 24.7 Å². The summed E-state index contributed by atoms with van der Waals surface area (Å²) in [7, 11) is 0. The zero-order valence-corrected chi connectivity index (χ0v) is 9.54. The number of hydrogen-bond acceptors (Lipinski definition) is 4. The molecule has 16 heavy (non-hydrogen) atoms. The third kappa shape index (κ3) is 3.73. The van der Waals surface area contributed by atoms with Crippen LogP contribution in [0.4, 0.5) is 0 Å². The van der Waals surface area contributed by atoms with Crippen LogP contribution in [0.5, 0.6) is 0 Å². The highest BCUT2D eigenvalue weighted by Crippen LogP contribution is 2.06. The second-order valence-corrected chi connectivity index (χ2v) is 4.38. The molecule has 2 fully saturated rings. The summed E-state index contributed by atoms with van der Waals surface area (Å²) >= 11 is 0. The maximum Gasteiger partial charge on any atom is 0.246 e. The largest absolute Gasteiger partial charge is 0.381 e. The Morgan fingerprint density at radius 2 is 2.19 bits per heavy atom. The lowest BCUT2D eigenvalue weighted by Gasteiger charge is -2.23. The summed E-state index contributed by atoms with van der Waals surface area (Å²) in [6.45, 7) is 3.54. The van der Waals surface area contributed by atoms with Crippen LogP contribution in [0.3, 0.4) is 0 Å². The van der Waals surface area contributed by atoms with Crippen molar-refractivity contribution < 1.29 is 14.3 Å².